The highest BCUT2D eigenvalue weighted by Gasteiger charge is 2.29. The number of allylic oxidation sites excluding steroid dienone is 1. The first-order chi connectivity index (χ1) is 10.3. The zero-order chi connectivity index (χ0) is 16.1. The summed E-state index contributed by atoms with van der Waals surface area (Å²) in [6.45, 7) is 8.70. The van der Waals surface area contributed by atoms with Crippen molar-refractivity contribution in [1.82, 2.24) is 0 Å². The normalized spacial score (nSPS) is 22.6. The standard InChI is InChI=1S/C20H29NS/c1-6-15-12-17-9-13(2)10-18(17)20(22(4,5)21)19(15)11-14(3)16-7-8-16/h6,11-13,16H,1,7-10,21H2,2-5H3/b14-11+. The predicted molar refractivity (Wildman–Crippen MR) is 101 cm³/mol. The molecule has 0 aromatic heterocycles. The zero-order valence-corrected chi connectivity index (χ0v) is 15.2. The lowest BCUT2D eigenvalue weighted by atomic mass is 9.97. The van der Waals surface area contributed by atoms with Crippen molar-refractivity contribution in [2.45, 2.75) is 44.4 Å². The molecular formula is C20H29NS. The number of fused-ring (bicyclic) bond motifs is 1. The summed E-state index contributed by atoms with van der Waals surface area (Å²) in [5.74, 6) is 1.53. The number of benzene rings is 1. The third-order valence-electron chi connectivity index (χ3n) is 5.01. The summed E-state index contributed by atoms with van der Waals surface area (Å²) in [5, 5.41) is 6.69. The molecule has 22 heavy (non-hydrogen) atoms. The molecule has 0 heterocycles. The molecule has 0 aliphatic heterocycles. The largest absolute Gasteiger partial charge is 0.291 e. The Kier molecular flexibility index (Phi) is 4.03. The maximum absolute atomic E-state index is 6.69. The molecule has 1 saturated carbocycles. The third kappa shape index (κ3) is 2.91. The van der Waals surface area contributed by atoms with Gasteiger partial charge in [0.15, 0.2) is 0 Å². The highest BCUT2D eigenvalue weighted by atomic mass is 32.3. The van der Waals surface area contributed by atoms with E-state index in [2.05, 4.69) is 45.1 Å². The van der Waals surface area contributed by atoms with E-state index in [0.717, 1.165) is 11.8 Å². The second-order valence-electron chi connectivity index (χ2n) is 7.63. The van der Waals surface area contributed by atoms with Gasteiger partial charge in [-0.3, -0.25) is 5.14 Å². The summed E-state index contributed by atoms with van der Waals surface area (Å²) in [6.07, 6.45) is 13.9. The molecule has 1 fully saturated rings. The summed E-state index contributed by atoms with van der Waals surface area (Å²) in [6, 6.07) is 2.37. The van der Waals surface area contributed by atoms with Crippen molar-refractivity contribution in [2.75, 3.05) is 12.5 Å². The first-order valence-corrected chi connectivity index (χ1v) is 10.8. The second-order valence-corrected chi connectivity index (χ2v) is 10.9. The molecule has 2 aliphatic rings. The number of hydrogen-bond acceptors (Lipinski definition) is 1. The summed E-state index contributed by atoms with van der Waals surface area (Å²) in [7, 11) is -1.26. The van der Waals surface area contributed by atoms with Crippen LogP contribution in [-0.4, -0.2) is 12.5 Å². The molecule has 0 amide bonds. The minimum Gasteiger partial charge on any atom is -0.291 e. The fourth-order valence-electron chi connectivity index (χ4n) is 3.80. The highest BCUT2D eigenvalue weighted by molar-refractivity contribution is 8.31. The predicted octanol–water partition coefficient (Wildman–Crippen LogP) is 5.17. The topological polar surface area (TPSA) is 26.0 Å². The zero-order valence-electron chi connectivity index (χ0n) is 14.4. The average molecular weight is 316 g/mol. The fraction of sp³-hybridized carbons (Fsp3) is 0.500. The van der Waals surface area contributed by atoms with Crippen LogP contribution in [0.3, 0.4) is 0 Å². The molecule has 2 heteroatoms. The fourth-order valence-corrected chi connectivity index (χ4v) is 5.39. The van der Waals surface area contributed by atoms with Crippen LogP contribution < -0.4 is 5.14 Å². The lowest BCUT2D eigenvalue weighted by Crippen LogP contribution is -2.13. The quantitative estimate of drug-likeness (QED) is 0.814. The minimum atomic E-state index is -1.26. The Morgan fingerprint density at radius 2 is 2.00 bits per heavy atom. The van der Waals surface area contributed by atoms with Gasteiger partial charge in [-0.1, -0.05) is 37.3 Å². The molecule has 1 aromatic rings. The van der Waals surface area contributed by atoms with E-state index in [1.807, 2.05) is 6.08 Å². The molecule has 3 rings (SSSR count). The summed E-state index contributed by atoms with van der Waals surface area (Å²) in [5.41, 5.74) is 7.18. The van der Waals surface area contributed by atoms with Gasteiger partial charge in [-0.2, -0.15) is 10.2 Å². The maximum atomic E-state index is 6.69. The monoisotopic (exact) mass is 315 g/mol. The molecule has 0 spiro atoms. The van der Waals surface area contributed by atoms with Gasteiger partial charge in [0.25, 0.3) is 0 Å². The molecule has 1 aromatic carbocycles. The van der Waals surface area contributed by atoms with Gasteiger partial charge in [0.05, 0.1) is 0 Å². The maximum Gasteiger partial charge on any atom is 0.0129 e. The number of nitrogens with two attached hydrogens (primary N) is 1. The molecule has 0 saturated heterocycles. The van der Waals surface area contributed by atoms with Crippen molar-refractivity contribution in [3.05, 3.63) is 40.5 Å². The molecule has 0 radical (unpaired) electrons. The van der Waals surface area contributed by atoms with Crippen LogP contribution in [0.1, 0.15) is 48.9 Å². The van der Waals surface area contributed by atoms with Gasteiger partial charge in [-0.15, -0.1) is 0 Å². The van der Waals surface area contributed by atoms with Crippen LogP contribution in [0.25, 0.3) is 12.2 Å². The lowest BCUT2D eigenvalue weighted by Gasteiger charge is -2.32. The van der Waals surface area contributed by atoms with E-state index in [4.69, 9.17) is 5.14 Å². The van der Waals surface area contributed by atoms with E-state index in [1.54, 1.807) is 0 Å². The molecule has 120 valence electrons. The average Bonchev–Trinajstić information content (AvgIpc) is 3.19. The Morgan fingerprint density at radius 3 is 2.55 bits per heavy atom. The first kappa shape index (κ1) is 15.9. The van der Waals surface area contributed by atoms with Gasteiger partial charge in [0.2, 0.25) is 0 Å². The van der Waals surface area contributed by atoms with Crippen LogP contribution in [0, 0.1) is 11.8 Å². The molecule has 2 aliphatic carbocycles. The lowest BCUT2D eigenvalue weighted by molar-refractivity contribution is 0.625. The van der Waals surface area contributed by atoms with Crippen LogP contribution in [-0.2, 0) is 12.8 Å². The van der Waals surface area contributed by atoms with E-state index < -0.39 is 10.2 Å². The first-order valence-electron chi connectivity index (χ1n) is 8.31. The van der Waals surface area contributed by atoms with Gasteiger partial charge >= 0.3 is 0 Å². The van der Waals surface area contributed by atoms with Crippen molar-refractivity contribution in [1.29, 1.82) is 0 Å². The second kappa shape index (κ2) is 5.58. The molecule has 1 nitrogen and oxygen atoms in total. The summed E-state index contributed by atoms with van der Waals surface area (Å²) in [4.78, 5) is 1.43. The van der Waals surface area contributed by atoms with Crippen LogP contribution in [0.2, 0.25) is 0 Å². The molecule has 1 atom stereocenters. The van der Waals surface area contributed by atoms with Crippen molar-refractivity contribution in [3.63, 3.8) is 0 Å². The molecule has 0 bridgehead atoms. The third-order valence-corrected chi connectivity index (χ3v) is 6.53. The van der Waals surface area contributed by atoms with Crippen LogP contribution >= 0.6 is 10.2 Å². The van der Waals surface area contributed by atoms with Gasteiger partial charge < -0.3 is 0 Å². The molecule has 1 unspecified atom stereocenters. The van der Waals surface area contributed by atoms with E-state index in [0.29, 0.717) is 0 Å². The molecule has 2 N–H and O–H groups in total. The Bertz CT molecular complexity index is 645. The van der Waals surface area contributed by atoms with E-state index >= 15 is 0 Å². The summed E-state index contributed by atoms with van der Waals surface area (Å²) >= 11 is 0. The van der Waals surface area contributed by atoms with Gasteiger partial charge in [0, 0.05) is 4.90 Å². The molecular weight excluding hydrogens is 286 g/mol. The van der Waals surface area contributed by atoms with Gasteiger partial charge in [-0.25, -0.2) is 0 Å². The van der Waals surface area contributed by atoms with Gasteiger partial charge in [0.1, 0.15) is 0 Å². The van der Waals surface area contributed by atoms with Crippen LogP contribution in [0.5, 0.6) is 0 Å². The van der Waals surface area contributed by atoms with Crippen molar-refractivity contribution >= 4 is 22.4 Å². The highest BCUT2D eigenvalue weighted by Crippen LogP contribution is 2.51. The number of hydrogen-bond donors (Lipinski definition) is 1. The van der Waals surface area contributed by atoms with E-state index in [1.165, 1.54) is 58.4 Å². The van der Waals surface area contributed by atoms with Gasteiger partial charge in [-0.05, 0) is 79.2 Å². The Morgan fingerprint density at radius 1 is 1.32 bits per heavy atom. The van der Waals surface area contributed by atoms with Crippen molar-refractivity contribution in [2.24, 2.45) is 17.0 Å². The minimum absolute atomic E-state index is 0.733. The van der Waals surface area contributed by atoms with E-state index in [9.17, 15) is 0 Å². The summed E-state index contributed by atoms with van der Waals surface area (Å²) < 4.78 is 0. The van der Waals surface area contributed by atoms with E-state index in [-0.39, 0.29) is 0 Å². The van der Waals surface area contributed by atoms with Crippen molar-refractivity contribution < 1.29 is 0 Å². The Hall–Kier alpha value is -0.990. The van der Waals surface area contributed by atoms with Crippen LogP contribution in [0.4, 0.5) is 0 Å². The Labute approximate surface area is 137 Å². The number of rotatable bonds is 4. The smallest absolute Gasteiger partial charge is 0.0129 e. The SMILES string of the molecule is C=Cc1cc2c(c(S(C)(C)N)c1/C=C(\C)C1CC1)CC(C)C2. The Balaban J connectivity index is 2.24. The van der Waals surface area contributed by atoms with Crippen LogP contribution in [0.15, 0.2) is 23.1 Å². The van der Waals surface area contributed by atoms with Crippen molar-refractivity contribution in [3.8, 4) is 0 Å².